The highest BCUT2D eigenvalue weighted by molar-refractivity contribution is 6.55. The van der Waals surface area contributed by atoms with Gasteiger partial charge in [-0.05, 0) is 55.4 Å². The Balaban J connectivity index is 1.81. The zero-order valence-corrected chi connectivity index (χ0v) is 17.7. The Morgan fingerprint density at radius 2 is 1.96 bits per heavy atom. The molecule has 0 spiro atoms. The van der Waals surface area contributed by atoms with Gasteiger partial charge in [-0.1, -0.05) is 49.2 Å². The number of carbonyl (C=O) groups is 2. The molecule has 0 aliphatic heterocycles. The van der Waals surface area contributed by atoms with Gasteiger partial charge in [-0.15, -0.1) is 0 Å². The van der Waals surface area contributed by atoms with Crippen molar-refractivity contribution in [3.05, 3.63) is 39.9 Å². The van der Waals surface area contributed by atoms with Crippen molar-refractivity contribution in [1.82, 2.24) is 5.32 Å². The van der Waals surface area contributed by atoms with Crippen LogP contribution in [0, 0.1) is 31.1 Å². The van der Waals surface area contributed by atoms with Gasteiger partial charge in [0.15, 0.2) is 0 Å². The number of ether oxygens (including phenoxy) is 1. The number of amides is 2. The number of aryl methyl sites for hydroxylation is 2. The van der Waals surface area contributed by atoms with Gasteiger partial charge >= 0.3 is 6.09 Å². The second-order valence-electron chi connectivity index (χ2n) is 7.69. The van der Waals surface area contributed by atoms with Crippen LogP contribution in [0.4, 0.5) is 10.5 Å². The van der Waals surface area contributed by atoms with Gasteiger partial charge in [0.05, 0.1) is 12.5 Å². The molecule has 0 saturated heterocycles. The van der Waals surface area contributed by atoms with Crippen molar-refractivity contribution in [3.63, 3.8) is 0 Å². The van der Waals surface area contributed by atoms with Crippen LogP contribution in [0.15, 0.2) is 28.8 Å². The molecule has 1 aliphatic rings. The van der Waals surface area contributed by atoms with E-state index in [9.17, 15) is 9.59 Å². The summed E-state index contributed by atoms with van der Waals surface area (Å²) in [4.78, 5) is 24.5. The molecule has 2 amide bonds. The Morgan fingerprint density at radius 1 is 1.30 bits per heavy atom. The van der Waals surface area contributed by atoms with E-state index in [1.807, 2.05) is 45.9 Å². The molecular weight excluding hydrogens is 387 g/mol. The minimum Gasteiger partial charge on any atom is -0.444 e. The highest BCUT2D eigenvalue weighted by atomic mass is 35.5. The van der Waals surface area contributed by atoms with Crippen molar-refractivity contribution in [2.45, 2.75) is 40.7 Å². The predicted octanol–water partition coefficient (Wildman–Crippen LogP) is 4.95. The number of benzene rings is 1. The van der Waals surface area contributed by atoms with E-state index in [1.165, 1.54) is 0 Å². The van der Waals surface area contributed by atoms with Crippen molar-refractivity contribution in [3.8, 4) is 0 Å². The van der Waals surface area contributed by atoms with Crippen LogP contribution >= 0.6 is 23.2 Å². The third kappa shape index (κ3) is 5.63. The predicted molar refractivity (Wildman–Crippen MR) is 109 cm³/mol. The molecule has 27 heavy (non-hydrogen) atoms. The normalized spacial score (nSPS) is 21.0. The number of allylic oxidation sites excluding steroid dienone is 1. The second-order valence-corrected chi connectivity index (χ2v) is 8.69. The second kappa shape index (κ2) is 8.53. The quantitative estimate of drug-likeness (QED) is 0.694. The Kier molecular flexibility index (Phi) is 6.82. The number of halogens is 2. The first-order chi connectivity index (χ1) is 12.5. The summed E-state index contributed by atoms with van der Waals surface area (Å²) in [6.07, 6.45) is 0.684. The van der Waals surface area contributed by atoms with Crippen LogP contribution in [0.25, 0.3) is 0 Å². The standard InChI is InChI=1S/C20H26Cl2N2O3/c1-11-6-7-12(2)15(8-11)24-19(26)27-13(3)10-23-18(25)17-14(9-16(21)22)20(17,4)5/h6-9,13-14,17H,10H2,1-5H3,(H,23,25)(H,24,26)/t13-,14+,17-/m1/s1. The lowest BCUT2D eigenvalue weighted by Gasteiger charge is -2.16. The summed E-state index contributed by atoms with van der Waals surface area (Å²) < 4.78 is 5.49. The molecule has 0 heterocycles. The molecule has 0 aromatic heterocycles. The van der Waals surface area contributed by atoms with E-state index in [0.717, 1.165) is 11.1 Å². The van der Waals surface area contributed by atoms with Gasteiger partial charge in [0.25, 0.3) is 0 Å². The number of carbonyl (C=O) groups excluding carboxylic acids is 2. The van der Waals surface area contributed by atoms with E-state index in [4.69, 9.17) is 27.9 Å². The number of hydrogen-bond donors (Lipinski definition) is 2. The van der Waals surface area contributed by atoms with Crippen LogP contribution in [-0.2, 0) is 9.53 Å². The van der Waals surface area contributed by atoms with Crippen molar-refractivity contribution >= 4 is 40.9 Å². The lowest BCUT2D eigenvalue weighted by atomic mass is 10.1. The average Bonchev–Trinajstić information content (AvgIpc) is 3.08. The minimum absolute atomic E-state index is 0.00585. The van der Waals surface area contributed by atoms with Crippen LogP contribution in [0.5, 0.6) is 0 Å². The van der Waals surface area contributed by atoms with Crippen molar-refractivity contribution in [1.29, 1.82) is 0 Å². The van der Waals surface area contributed by atoms with Crippen molar-refractivity contribution in [2.24, 2.45) is 17.3 Å². The Bertz CT molecular complexity index is 758. The number of rotatable bonds is 6. The average molecular weight is 413 g/mol. The molecule has 1 aliphatic carbocycles. The van der Waals surface area contributed by atoms with Crippen LogP contribution in [0.2, 0.25) is 0 Å². The topological polar surface area (TPSA) is 67.4 Å². The maximum Gasteiger partial charge on any atom is 0.411 e. The maximum absolute atomic E-state index is 12.4. The molecule has 1 aromatic carbocycles. The molecule has 0 unspecified atom stereocenters. The third-order valence-electron chi connectivity index (χ3n) is 5.00. The molecular formula is C20H26Cl2N2O3. The first-order valence-electron chi connectivity index (χ1n) is 8.87. The summed E-state index contributed by atoms with van der Waals surface area (Å²) in [5, 5.41) is 5.57. The maximum atomic E-state index is 12.4. The van der Waals surface area contributed by atoms with E-state index in [2.05, 4.69) is 10.6 Å². The summed E-state index contributed by atoms with van der Waals surface area (Å²) in [6, 6.07) is 5.79. The van der Waals surface area contributed by atoms with Crippen LogP contribution in [0.3, 0.4) is 0 Å². The molecule has 2 N–H and O–H groups in total. The van der Waals surface area contributed by atoms with E-state index in [0.29, 0.717) is 5.69 Å². The van der Waals surface area contributed by atoms with Gasteiger partial charge < -0.3 is 10.1 Å². The summed E-state index contributed by atoms with van der Waals surface area (Å²) >= 11 is 11.4. The number of anilines is 1. The SMILES string of the molecule is Cc1ccc(C)c(NC(=O)O[C@H](C)CNC(=O)[C@H]2[C@H](C=C(Cl)Cl)C2(C)C)c1. The Labute approximate surface area is 170 Å². The summed E-state index contributed by atoms with van der Waals surface area (Å²) in [5.74, 6) is -0.284. The summed E-state index contributed by atoms with van der Waals surface area (Å²) in [5.41, 5.74) is 2.52. The highest BCUT2D eigenvalue weighted by Crippen LogP contribution is 2.59. The monoisotopic (exact) mass is 412 g/mol. The third-order valence-corrected chi connectivity index (χ3v) is 5.25. The fourth-order valence-electron chi connectivity index (χ4n) is 3.21. The fraction of sp³-hybridized carbons (Fsp3) is 0.500. The first-order valence-corrected chi connectivity index (χ1v) is 9.63. The van der Waals surface area contributed by atoms with Crippen molar-refractivity contribution in [2.75, 3.05) is 11.9 Å². The number of nitrogens with one attached hydrogen (secondary N) is 2. The zero-order chi connectivity index (χ0) is 20.4. The molecule has 1 aromatic rings. The van der Waals surface area contributed by atoms with Gasteiger partial charge in [0, 0.05) is 5.69 Å². The highest BCUT2D eigenvalue weighted by Gasteiger charge is 2.60. The molecule has 2 rings (SSSR count). The van der Waals surface area contributed by atoms with E-state index in [-0.39, 0.29) is 34.2 Å². The van der Waals surface area contributed by atoms with Gasteiger partial charge in [-0.2, -0.15) is 0 Å². The van der Waals surface area contributed by atoms with Gasteiger partial charge in [0.1, 0.15) is 10.6 Å². The first kappa shape index (κ1) is 21.6. The Hall–Kier alpha value is -1.72. The molecule has 148 valence electrons. The molecule has 7 heteroatoms. The molecule has 3 atom stereocenters. The van der Waals surface area contributed by atoms with Gasteiger partial charge in [-0.25, -0.2) is 4.79 Å². The van der Waals surface area contributed by atoms with Gasteiger partial charge in [0.2, 0.25) is 5.91 Å². The largest absolute Gasteiger partial charge is 0.444 e. The number of hydrogen-bond acceptors (Lipinski definition) is 3. The molecule has 0 bridgehead atoms. The van der Waals surface area contributed by atoms with Crippen LogP contribution < -0.4 is 10.6 Å². The fourth-order valence-corrected chi connectivity index (χ4v) is 3.49. The molecule has 0 radical (unpaired) electrons. The lowest BCUT2D eigenvalue weighted by molar-refractivity contribution is -0.123. The van der Waals surface area contributed by atoms with Crippen molar-refractivity contribution < 1.29 is 14.3 Å². The lowest BCUT2D eigenvalue weighted by Crippen LogP contribution is -2.35. The smallest absolute Gasteiger partial charge is 0.411 e. The van der Waals surface area contributed by atoms with E-state index >= 15 is 0 Å². The Morgan fingerprint density at radius 3 is 2.59 bits per heavy atom. The summed E-state index contributed by atoms with van der Waals surface area (Å²) in [6.45, 7) is 9.81. The zero-order valence-electron chi connectivity index (χ0n) is 16.2. The molecule has 1 fully saturated rings. The molecule has 1 saturated carbocycles. The summed E-state index contributed by atoms with van der Waals surface area (Å²) in [7, 11) is 0. The van der Waals surface area contributed by atoms with Gasteiger partial charge in [-0.3, -0.25) is 10.1 Å². The molecule has 5 nitrogen and oxygen atoms in total. The van der Waals surface area contributed by atoms with Crippen LogP contribution in [-0.4, -0.2) is 24.6 Å². The minimum atomic E-state index is -0.549. The van der Waals surface area contributed by atoms with E-state index < -0.39 is 12.2 Å². The van der Waals surface area contributed by atoms with Crippen LogP contribution in [0.1, 0.15) is 31.9 Å². The van der Waals surface area contributed by atoms with E-state index in [1.54, 1.807) is 13.0 Å².